The quantitative estimate of drug-likeness (QED) is 0.546. The van der Waals surface area contributed by atoms with Crippen molar-refractivity contribution in [3.05, 3.63) is 29.8 Å². The van der Waals surface area contributed by atoms with Crippen LogP contribution in [0.15, 0.2) is 24.3 Å². The average molecular weight is 239 g/mol. The van der Waals surface area contributed by atoms with Crippen molar-refractivity contribution >= 4 is 11.7 Å². The van der Waals surface area contributed by atoms with E-state index in [0.29, 0.717) is 18.7 Å². The Morgan fingerprint density at radius 3 is 2.59 bits per heavy atom. The van der Waals surface area contributed by atoms with Crippen molar-refractivity contribution in [1.82, 2.24) is 0 Å². The Kier molecular flexibility index (Phi) is 6.06. The van der Waals surface area contributed by atoms with E-state index in [1.807, 2.05) is 0 Å². The molecule has 0 saturated heterocycles. The maximum atomic E-state index is 11.5. The van der Waals surface area contributed by atoms with Gasteiger partial charge in [0.05, 0.1) is 18.8 Å². The number of anilines is 1. The molecule has 0 unspecified atom stereocenters. The lowest BCUT2D eigenvalue weighted by Gasteiger charge is -2.06. The molecule has 0 aliphatic rings. The predicted octanol–water partition coefficient (Wildman–Crippen LogP) is 0.894. The molecule has 2 N–H and O–H groups in total. The number of benzene rings is 1. The molecule has 5 nitrogen and oxygen atoms in total. The van der Waals surface area contributed by atoms with Crippen LogP contribution >= 0.6 is 0 Å². The zero-order valence-corrected chi connectivity index (χ0v) is 9.81. The second-order valence-corrected chi connectivity index (χ2v) is 3.36. The van der Waals surface area contributed by atoms with Crippen LogP contribution in [0, 0.1) is 0 Å². The normalized spacial score (nSPS) is 10.0. The summed E-state index contributed by atoms with van der Waals surface area (Å²) in [6.45, 7) is 1.19. The lowest BCUT2D eigenvalue weighted by Crippen LogP contribution is -2.10. The van der Waals surface area contributed by atoms with Gasteiger partial charge in [-0.1, -0.05) is 0 Å². The van der Waals surface area contributed by atoms with Crippen LogP contribution in [0.1, 0.15) is 10.4 Å². The zero-order valence-electron chi connectivity index (χ0n) is 9.81. The zero-order chi connectivity index (χ0) is 12.5. The molecular formula is C12H17NO4. The maximum Gasteiger partial charge on any atom is 0.338 e. The van der Waals surface area contributed by atoms with Crippen molar-refractivity contribution in [2.24, 2.45) is 0 Å². The molecule has 5 heteroatoms. The van der Waals surface area contributed by atoms with Crippen LogP contribution in [-0.4, -0.2) is 44.6 Å². The van der Waals surface area contributed by atoms with Gasteiger partial charge in [-0.3, -0.25) is 0 Å². The van der Waals surface area contributed by atoms with E-state index in [0.717, 1.165) is 5.69 Å². The molecule has 0 heterocycles. The fraction of sp³-hybridized carbons (Fsp3) is 0.417. The summed E-state index contributed by atoms with van der Waals surface area (Å²) in [6, 6.07) is 6.88. The van der Waals surface area contributed by atoms with E-state index in [-0.39, 0.29) is 19.2 Å². The smallest absolute Gasteiger partial charge is 0.338 e. The van der Waals surface area contributed by atoms with Gasteiger partial charge in [-0.2, -0.15) is 0 Å². The first-order valence-corrected chi connectivity index (χ1v) is 5.38. The third-order valence-electron chi connectivity index (χ3n) is 2.08. The van der Waals surface area contributed by atoms with Crippen molar-refractivity contribution < 1.29 is 19.4 Å². The minimum Gasteiger partial charge on any atom is -0.460 e. The van der Waals surface area contributed by atoms with Gasteiger partial charge in [0.15, 0.2) is 0 Å². The van der Waals surface area contributed by atoms with E-state index in [4.69, 9.17) is 14.6 Å². The lowest BCUT2D eigenvalue weighted by molar-refractivity contribution is 0.0388. The molecule has 0 atom stereocenters. The minimum absolute atomic E-state index is 0.0702. The largest absolute Gasteiger partial charge is 0.460 e. The number of rotatable bonds is 7. The van der Waals surface area contributed by atoms with Crippen LogP contribution in [0.4, 0.5) is 5.69 Å². The molecule has 94 valence electrons. The first-order valence-electron chi connectivity index (χ1n) is 5.38. The number of aliphatic hydroxyl groups excluding tert-OH is 1. The molecule has 1 aromatic carbocycles. The monoisotopic (exact) mass is 239 g/mol. The van der Waals surface area contributed by atoms with Crippen LogP contribution in [0.3, 0.4) is 0 Å². The van der Waals surface area contributed by atoms with Gasteiger partial charge in [0.2, 0.25) is 0 Å². The third-order valence-corrected chi connectivity index (χ3v) is 2.08. The van der Waals surface area contributed by atoms with E-state index >= 15 is 0 Å². The Bertz CT molecular complexity index is 337. The number of aliphatic hydroxyl groups is 1. The third kappa shape index (κ3) is 4.84. The van der Waals surface area contributed by atoms with Crippen molar-refractivity contribution in [3.63, 3.8) is 0 Å². The van der Waals surface area contributed by atoms with Gasteiger partial charge < -0.3 is 19.9 Å². The van der Waals surface area contributed by atoms with Crippen LogP contribution < -0.4 is 5.32 Å². The molecule has 0 aliphatic heterocycles. The molecule has 1 rings (SSSR count). The number of methoxy groups -OCH3 is 1. The van der Waals surface area contributed by atoms with E-state index < -0.39 is 0 Å². The van der Waals surface area contributed by atoms with Gasteiger partial charge in [-0.05, 0) is 24.3 Å². The van der Waals surface area contributed by atoms with Gasteiger partial charge in [0, 0.05) is 19.3 Å². The van der Waals surface area contributed by atoms with Gasteiger partial charge in [-0.25, -0.2) is 4.79 Å². The molecule has 0 bridgehead atoms. The number of carbonyl (C=O) groups is 1. The van der Waals surface area contributed by atoms with E-state index in [1.54, 1.807) is 31.4 Å². The highest BCUT2D eigenvalue weighted by Gasteiger charge is 2.06. The maximum absolute atomic E-state index is 11.5. The minimum atomic E-state index is -0.365. The van der Waals surface area contributed by atoms with Gasteiger partial charge in [0.1, 0.15) is 6.61 Å². The highest BCUT2D eigenvalue weighted by molar-refractivity contribution is 5.89. The van der Waals surface area contributed by atoms with Crippen LogP contribution in [0.25, 0.3) is 0 Å². The average Bonchev–Trinajstić information content (AvgIpc) is 2.37. The number of nitrogens with one attached hydrogen (secondary N) is 1. The van der Waals surface area contributed by atoms with Gasteiger partial charge in [-0.15, -0.1) is 0 Å². The summed E-state index contributed by atoms with van der Waals surface area (Å²) in [5.74, 6) is -0.365. The summed E-state index contributed by atoms with van der Waals surface area (Å²) in [7, 11) is 1.55. The van der Waals surface area contributed by atoms with Gasteiger partial charge >= 0.3 is 5.97 Å². The Morgan fingerprint density at radius 1 is 1.29 bits per heavy atom. The summed E-state index contributed by atoms with van der Waals surface area (Å²) >= 11 is 0. The number of ether oxygens (including phenoxy) is 2. The topological polar surface area (TPSA) is 67.8 Å². The summed E-state index contributed by atoms with van der Waals surface area (Å²) < 4.78 is 9.75. The number of hydrogen-bond donors (Lipinski definition) is 2. The molecular weight excluding hydrogens is 222 g/mol. The summed E-state index contributed by atoms with van der Waals surface area (Å²) in [5, 5.41) is 11.6. The number of esters is 1. The summed E-state index contributed by atoms with van der Waals surface area (Å²) in [6.07, 6.45) is 0. The Balaban J connectivity index is 2.46. The standard InChI is InChI=1S/C12H17NO4/c1-16-8-9-17-12(15)10-2-4-11(5-3-10)13-6-7-14/h2-5,13-14H,6-9H2,1H3. The molecule has 1 aromatic rings. The Hall–Kier alpha value is -1.59. The van der Waals surface area contributed by atoms with E-state index in [2.05, 4.69) is 5.32 Å². The molecule has 17 heavy (non-hydrogen) atoms. The molecule has 0 aromatic heterocycles. The Morgan fingerprint density at radius 2 is 2.00 bits per heavy atom. The first-order chi connectivity index (χ1) is 8.27. The highest BCUT2D eigenvalue weighted by atomic mass is 16.6. The number of hydrogen-bond acceptors (Lipinski definition) is 5. The lowest BCUT2D eigenvalue weighted by atomic mass is 10.2. The SMILES string of the molecule is COCCOC(=O)c1ccc(NCCO)cc1. The molecule has 0 spiro atoms. The van der Waals surface area contributed by atoms with Crippen molar-refractivity contribution in [2.45, 2.75) is 0 Å². The van der Waals surface area contributed by atoms with Crippen LogP contribution in [0.2, 0.25) is 0 Å². The van der Waals surface area contributed by atoms with Crippen molar-refractivity contribution in [1.29, 1.82) is 0 Å². The fourth-order valence-electron chi connectivity index (χ4n) is 1.23. The van der Waals surface area contributed by atoms with Crippen LogP contribution in [0.5, 0.6) is 0 Å². The predicted molar refractivity (Wildman–Crippen MR) is 64.2 cm³/mol. The number of carbonyl (C=O) groups excluding carboxylic acids is 1. The highest BCUT2D eigenvalue weighted by Crippen LogP contribution is 2.10. The molecule has 0 radical (unpaired) electrons. The second kappa shape index (κ2) is 7.65. The van der Waals surface area contributed by atoms with Crippen LogP contribution in [-0.2, 0) is 9.47 Å². The van der Waals surface area contributed by atoms with Gasteiger partial charge in [0.25, 0.3) is 0 Å². The summed E-state index contributed by atoms with van der Waals surface area (Å²) in [4.78, 5) is 11.5. The van der Waals surface area contributed by atoms with Crippen molar-refractivity contribution in [2.75, 3.05) is 38.8 Å². The van der Waals surface area contributed by atoms with E-state index in [9.17, 15) is 4.79 Å². The molecule has 0 amide bonds. The first kappa shape index (κ1) is 13.5. The van der Waals surface area contributed by atoms with E-state index in [1.165, 1.54) is 0 Å². The fourth-order valence-corrected chi connectivity index (χ4v) is 1.23. The van der Waals surface area contributed by atoms with Crippen molar-refractivity contribution in [3.8, 4) is 0 Å². The second-order valence-electron chi connectivity index (χ2n) is 3.36. The Labute approximate surface area is 100 Å². The summed E-state index contributed by atoms with van der Waals surface area (Å²) in [5.41, 5.74) is 1.35. The molecule has 0 fully saturated rings. The molecule has 0 aliphatic carbocycles. The molecule has 0 saturated carbocycles.